The average molecular weight is 290 g/mol. The Kier molecular flexibility index (Phi) is 3.32. The van der Waals surface area contributed by atoms with E-state index in [4.69, 9.17) is 0 Å². The van der Waals surface area contributed by atoms with Gasteiger partial charge in [-0.1, -0.05) is 12.1 Å². The van der Waals surface area contributed by atoms with E-state index in [1.165, 1.54) is 18.5 Å². The molecule has 6 nitrogen and oxygen atoms in total. The Morgan fingerprint density at radius 2 is 2.29 bits per heavy atom. The number of benzene rings is 1. The molecule has 0 aliphatic carbocycles. The van der Waals surface area contributed by atoms with Crippen LogP contribution in [0.4, 0.5) is 16.0 Å². The van der Waals surface area contributed by atoms with Crippen LogP contribution in [-0.2, 0) is 7.05 Å². The molecule has 2 aromatic rings. The molecule has 1 aliphatic heterocycles. The van der Waals surface area contributed by atoms with E-state index >= 15 is 0 Å². The first-order chi connectivity index (χ1) is 10.1. The molecule has 7 heteroatoms. The molecule has 0 spiro atoms. The van der Waals surface area contributed by atoms with E-state index in [2.05, 4.69) is 4.98 Å². The van der Waals surface area contributed by atoms with Gasteiger partial charge in [0.1, 0.15) is 5.82 Å². The number of hydrogen-bond acceptors (Lipinski definition) is 4. The van der Waals surface area contributed by atoms with Gasteiger partial charge in [-0.05, 0) is 34.0 Å². The summed E-state index contributed by atoms with van der Waals surface area (Å²) in [6.07, 6.45) is 2.29. The topological polar surface area (TPSA) is 64.2 Å². The Hall–Kier alpha value is -2.44. The van der Waals surface area contributed by atoms with Crippen LogP contribution < -0.4 is 4.90 Å². The number of nitro groups is 1. The molecule has 2 heterocycles. The van der Waals surface area contributed by atoms with Crippen molar-refractivity contribution in [3.8, 4) is 0 Å². The summed E-state index contributed by atoms with van der Waals surface area (Å²) in [6, 6.07) is 6.54. The van der Waals surface area contributed by atoms with Gasteiger partial charge in [-0.2, -0.15) is 0 Å². The van der Waals surface area contributed by atoms with E-state index in [9.17, 15) is 14.5 Å². The van der Waals surface area contributed by atoms with Crippen molar-refractivity contribution in [1.82, 2.24) is 9.55 Å². The average Bonchev–Trinajstić information content (AvgIpc) is 3.04. The summed E-state index contributed by atoms with van der Waals surface area (Å²) in [4.78, 5) is 16.4. The van der Waals surface area contributed by atoms with Crippen molar-refractivity contribution in [3.05, 3.63) is 52.1 Å². The molecule has 0 N–H and O–H groups in total. The lowest BCUT2D eigenvalue weighted by Crippen LogP contribution is -2.22. The molecule has 0 amide bonds. The molecule has 1 atom stereocenters. The molecule has 0 bridgehead atoms. The Labute approximate surface area is 121 Å². The lowest BCUT2D eigenvalue weighted by Gasteiger charge is -2.17. The van der Waals surface area contributed by atoms with Crippen molar-refractivity contribution in [3.63, 3.8) is 0 Å². The zero-order valence-corrected chi connectivity index (χ0v) is 11.6. The van der Waals surface area contributed by atoms with Crippen LogP contribution in [-0.4, -0.2) is 27.6 Å². The van der Waals surface area contributed by atoms with Crippen LogP contribution in [0.1, 0.15) is 17.9 Å². The Morgan fingerprint density at radius 1 is 1.48 bits per heavy atom. The number of nitrogens with zero attached hydrogens (tertiary/aromatic N) is 4. The summed E-state index contributed by atoms with van der Waals surface area (Å²) in [5.74, 6) is 0.309. The van der Waals surface area contributed by atoms with Crippen LogP contribution in [0, 0.1) is 15.9 Å². The maximum atomic E-state index is 13.3. The molecule has 1 aliphatic rings. The highest BCUT2D eigenvalue weighted by Crippen LogP contribution is 2.34. The maximum Gasteiger partial charge on any atom is 0.406 e. The van der Waals surface area contributed by atoms with E-state index in [-0.39, 0.29) is 17.6 Å². The lowest BCUT2D eigenvalue weighted by atomic mass is 9.98. The van der Waals surface area contributed by atoms with E-state index < -0.39 is 4.92 Å². The molecule has 1 aromatic carbocycles. The third kappa shape index (κ3) is 2.46. The summed E-state index contributed by atoms with van der Waals surface area (Å²) in [5.41, 5.74) is 0.933. The second-order valence-electron chi connectivity index (χ2n) is 5.25. The van der Waals surface area contributed by atoms with Gasteiger partial charge in [0.15, 0.2) is 0 Å². The van der Waals surface area contributed by atoms with Gasteiger partial charge >= 0.3 is 5.82 Å². The predicted molar refractivity (Wildman–Crippen MR) is 75.8 cm³/mol. The Balaban J connectivity index is 1.85. The number of hydrogen-bond donors (Lipinski definition) is 0. The number of aryl methyl sites for hydroxylation is 1. The van der Waals surface area contributed by atoms with Crippen LogP contribution >= 0.6 is 0 Å². The summed E-state index contributed by atoms with van der Waals surface area (Å²) in [6.45, 7) is 1.32. The molecular formula is C14H15FN4O2. The smallest absolute Gasteiger partial charge is 0.358 e. The Bertz CT molecular complexity index is 685. The van der Waals surface area contributed by atoms with Crippen molar-refractivity contribution < 1.29 is 9.31 Å². The fourth-order valence-electron chi connectivity index (χ4n) is 2.89. The first-order valence-electron chi connectivity index (χ1n) is 6.72. The van der Waals surface area contributed by atoms with E-state index in [0.717, 1.165) is 12.0 Å². The highest BCUT2D eigenvalue weighted by atomic mass is 19.1. The van der Waals surface area contributed by atoms with Crippen molar-refractivity contribution in [2.75, 3.05) is 18.0 Å². The molecule has 0 saturated carbocycles. The van der Waals surface area contributed by atoms with Crippen LogP contribution in [0.2, 0.25) is 0 Å². The van der Waals surface area contributed by atoms with Crippen molar-refractivity contribution in [1.29, 1.82) is 0 Å². The van der Waals surface area contributed by atoms with Gasteiger partial charge < -0.3 is 15.0 Å². The fourth-order valence-corrected chi connectivity index (χ4v) is 2.89. The first-order valence-corrected chi connectivity index (χ1v) is 6.72. The van der Waals surface area contributed by atoms with Crippen LogP contribution in [0.5, 0.6) is 0 Å². The highest BCUT2D eigenvalue weighted by molar-refractivity contribution is 5.55. The number of aromatic nitrogens is 2. The van der Waals surface area contributed by atoms with E-state index in [1.807, 2.05) is 11.0 Å². The second-order valence-corrected chi connectivity index (χ2v) is 5.25. The maximum absolute atomic E-state index is 13.3. The number of anilines is 1. The van der Waals surface area contributed by atoms with Crippen molar-refractivity contribution in [2.45, 2.75) is 12.3 Å². The minimum Gasteiger partial charge on any atom is -0.358 e. The van der Waals surface area contributed by atoms with Gasteiger partial charge in [-0.15, -0.1) is 0 Å². The summed E-state index contributed by atoms with van der Waals surface area (Å²) >= 11 is 0. The zero-order valence-electron chi connectivity index (χ0n) is 11.6. The molecule has 1 unspecified atom stereocenters. The summed E-state index contributed by atoms with van der Waals surface area (Å²) in [5, 5.41) is 11.0. The van der Waals surface area contributed by atoms with Gasteiger partial charge in [0, 0.05) is 26.1 Å². The van der Waals surface area contributed by atoms with Gasteiger partial charge in [0.05, 0.1) is 0 Å². The van der Waals surface area contributed by atoms with Gasteiger partial charge in [0.25, 0.3) is 0 Å². The Morgan fingerprint density at radius 3 is 3.00 bits per heavy atom. The molecule has 1 fully saturated rings. The van der Waals surface area contributed by atoms with Crippen LogP contribution in [0.15, 0.2) is 30.6 Å². The molecule has 1 aromatic heterocycles. The quantitative estimate of drug-likeness (QED) is 0.643. The second kappa shape index (κ2) is 5.16. The monoisotopic (exact) mass is 290 g/mol. The molecule has 0 radical (unpaired) electrons. The van der Waals surface area contributed by atoms with E-state index in [0.29, 0.717) is 18.9 Å². The van der Waals surface area contributed by atoms with E-state index in [1.54, 1.807) is 17.7 Å². The fraction of sp³-hybridized carbons (Fsp3) is 0.357. The standard InChI is InChI=1S/C14H15FN4O2/c1-17-9-16-13(19(20)21)14(17)18-6-5-11(8-18)10-3-2-4-12(15)7-10/h2-4,7,9,11H,5-6,8H2,1H3. The lowest BCUT2D eigenvalue weighted by molar-refractivity contribution is -0.388. The van der Waals surface area contributed by atoms with Crippen LogP contribution in [0.3, 0.4) is 0 Å². The zero-order chi connectivity index (χ0) is 15.0. The number of imidazole rings is 1. The minimum absolute atomic E-state index is 0.127. The van der Waals surface area contributed by atoms with Gasteiger partial charge in [-0.3, -0.25) is 4.57 Å². The first kappa shape index (κ1) is 13.5. The predicted octanol–water partition coefficient (Wildman–Crippen LogP) is 2.46. The number of rotatable bonds is 3. The summed E-state index contributed by atoms with van der Waals surface area (Å²) in [7, 11) is 1.74. The molecule has 3 rings (SSSR count). The highest BCUT2D eigenvalue weighted by Gasteiger charge is 2.32. The summed E-state index contributed by atoms with van der Waals surface area (Å²) < 4.78 is 15.0. The number of halogens is 1. The molecule has 1 saturated heterocycles. The molecular weight excluding hydrogens is 275 g/mol. The normalized spacial score (nSPS) is 18.2. The SMILES string of the molecule is Cn1cnc([N+](=O)[O-])c1N1CCC(c2cccc(F)c2)C1. The van der Waals surface area contributed by atoms with Crippen molar-refractivity contribution >= 4 is 11.6 Å². The molecule has 21 heavy (non-hydrogen) atoms. The van der Waals surface area contributed by atoms with Crippen LogP contribution in [0.25, 0.3) is 0 Å². The van der Waals surface area contributed by atoms with Crippen molar-refractivity contribution in [2.24, 2.45) is 7.05 Å². The molecule has 110 valence electrons. The minimum atomic E-state index is -0.467. The van der Waals surface area contributed by atoms with Gasteiger partial charge in [0.2, 0.25) is 12.1 Å². The third-order valence-corrected chi connectivity index (χ3v) is 3.87. The largest absolute Gasteiger partial charge is 0.406 e. The van der Waals surface area contributed by atoms with Gasteiger partial charge in [-0.25, -0.2) is 4.39 Å². The third-order valence-electron chi connectivity index (χ3n) is 3.87.